The summed E-state index contributed by atoms with van der Waals surface area (Å²) in [7, 11) is 0. The highest BCUT2D eigenvalue weighted by Crippen LogP contribution is 2.07. The van der Waals surface area contributed by atoms with Gasteiger partial charge in [-0.2, -0.15) is 0 Å². The zero-order chi connectivity index (χ0) is 12.1. The van der Waals surface area contributed by atoms with Crippen LogP contribution in [0.1, 0.15) is 11.1 Å². The van der Waals surface area contributed by atoms with E-state index in [0.29, 0.717) is 12.4 Å². The van der Waals surface area contributed by atoms with Gasteiger partial charge in [-0.25, -0.2) is 4.79 Å². The molecule has 0 aliphatic carbocycles. The lowest BCUT2D eigenvalue weighted by Crippen LogP contribution is -2.28. The second-order valence-corrected chi connectivity index (χ2v) is 3.61. The summed E-state index contributed by atoms with van der Waals surface area (Å²) >= 11 is 0. The van der Waals surface area contributed by atoms with E-state index in [0.717, 1.165) is 11.1 Å². The third-order valence-corrected chi connectivity index (χ3v) is 2.38. The van der Waals surface area contributed by atoms with Gasteiger partial charge < -0.3 is 9.84 Å². The fourth-order valence-corrected chi connectivity index (χ4v) is 1.42. The Morgan fingerprint density at radius 2 is 2.18 bits per heavy atom. The van der Waals surface area contributed by atoms with E-state index in [-0.39, 0.29) is 6.03 Å². The van der Waals surface area contributed by atoms with Gasteiger partial charge in [-0.1, -0.05) is 29.4 Å². The molecule has 5 nitrogen and oxygen atoms in total. The van der Waals surface area contributed by atoms with E-state index in [4.69, 9.17) is 4.52 Å². The maximum atomic E-state index is 11.5. The summed E-state index contributed by atoms with van der Waals surface area (Å²) < 4.78 is 4.76. The Kier molecular flexibility index (Phi) is 3.40. The number of aromatic nitrogens is 1. The molecule has 0 bridgehead atoms. The van der Waals surface area contributed by atoms with Crippen LogP contribution in [0.15, 0.2) is 41.1 Å². The molecule has 5 heteroatoms. The standard InChI is InChI=1S/C12H13N3O2/c1-9-4-2-3-5-10(9)8-13-12(16)15-11-6-7-14-17-11/h2-7H,8H2,1H3,(H2,13,15,16). The normalized spacial score (nSPS) is 9.94. The van der Waals surface area contributed by atoms with Crippen molar-refractivity contribution in [2.75, 3.05) is 5.32 Å². The summed E-state index contributed by atoms with van der Waals surface area (Å²) in [6.07, 6.45) is 1.47. The highest BCUT2D eigenvalue weighted by atomic mass is 16.5. The quantitative estimate of drug-likeness (QED) is 0.851. The Morgan fingerprint density at radius 3 is 2.88 bits per heavy atom. The zero-order valence-electron chi connectivity index (χ0n) is 9.43. The van der Waals surface area contributed by atoms with Crippen LogP contribution in [0.2, 0.25) is 0 Å². The van der Waals surface area contributed by atoms with Crippen LogP contribution in [0.4, 0.5) is 10.7 Å². The molecule has 1 heterocycles. The molecule has 0 aliphatic heterocycles. The molecular weight excluding hydrogens is 218 g/mol. The second kappa shape index (κ2) is 5.16. The number of hydrogen-bond donors (Lipinski definition) is 2. The van der Waals surface area contributed by atoms with Gasteiger partial charge in [-0.05, 0) is 18.1 Å². The van der Waals surface area contributed by atoms with Crippen LogP contribution < -0.4 is 10.6 Å². The molecule has 0 spiro atoms. The predicted molar refractivity (Wildman–Crippen MR) is 63.5 cm³/mol. The van der Waals surface area contributed by atoms with Crippen LogP contribution in [0.5, 0.6) is 0 Å². The van der Waals surface area contributed by atoms with E-state index < -0.39 is 0 Å². The van der Waals surface area contributed by atoms with E-state index in [1.54, 1.807) is 6.07 Å². The summed E-state index contributed by atoms with van der Waals surface area (Å²) in [5.74, 6) is 0.326. The summed E-state index contributed by atoms with van der Waals surface area (Å²) in [6.45, 7) is 2.48. The van der Waals surface area contributed by atoms with E-state index in [1.165, 1.54) is 6.20 Å². The molecule has 0 atom stereocenters. The van der Waals surface area contributed by atoms with Crippen LogP contribution in [-0.4, -0.2) is 11.2 Å². The molecule has 2 amide bonds. The molecule has 0 unspecified atom stereocenters. The molecule has 88 valence electrons. The summed E-state index contributed by atoms with van der Waals surface area (Å²) in [6, 6.07) is 9.15. The monoisotopic (exact) mass is 231 g/mol. The summed E-state index contributed by atoms with van der Waals surface area (Å²) in [4.78, 5) is 11.5. The van der Waals surface area contributed by atoms with Crippen LogP contribution in [0.25, 0.3) is 0 Å². The fourth-order valence-electron chi connectivity index (χ4n) is 1.42. The third-order valence-electron chi connectivity index (χ3n) is 2.38. The highest BCUT2D eigenvalue weighted by molar-refractivity contribution is 5.87. The summed E-state index contributed by atoms with van der Waals surface area (Å²) in [5.41, 5.74) is 2.23. The van der Waals surface area contributed by atoms with Gasteiger partial charge in [0.2, 0.25) is 5.88 Å². The van der Waals surface area contributed by atoms with Crippen LogP contribution in [0, 0.1) is 6.92 Å². The van der Waals surface area contributed by atoms with Crippen LogP contribution in [-0.2, 0) is 6.54 Å². The minimum absolute atomic E-state index is 0.315. The van der Waals surface area contributed by atoms with Crippen molar-refractivity contribution in [1.29, 1.82) is 0 Å². The molecule has 17 heavy (non-hydrogen) atoms. The van der Waals surface area contributed by atoms with E-state index in [1.807, 2.05) is 31.2 Å². The number of nitrogens with zero attached hydrogens (tertiary/aromatic N) is 1. The number of carbonyl (C=O) groups excluding carboxylic acids is 1. The van der Waals surface area contributed by atoms with Gasteiger partial charge in [0.1, 0.15) is 0 Å². The Balaban J connectivity index is 1.86. The molecule has 2 N–H and O–H groups in total. The molecule has 0 aliphatic rings. The minimum Gasteiger partial charge on any atom is -0.338 e. The lowest BCUT2D eigenvalue weighted by atomic mass is 10.1. The molecule has 2 rings (SSSR count). The Hall–Kier alpha value is -2.30. The second-order valence-electron chi connectivity index (χ2n) is 3.61. The van der Waals surface area contributed by atoms with Crippen molar-refractivity contribution in [3.63, 3.8) is 0 Å². The van der Waals surface area contributed by atoms with E-state index in [9.17, 15) is 4.79 Å². The average molecular weight is 231 g/mol. The number of benzene rings is 1. The molecule has 0 saturated heterocycles. The van der Waals surface area contributed by atoms with Gasteiger partial charge >= 0.3 is 6.03 Å². The molecule has 1 aromatic carbocycles. The number of amides is 2. The summed E-state index contributed by atoms with van der Waals surface area (Å²) in [5, 5.41) is 8.76. The van der Waals surface area contributed by atoms with Gasteiger partial charge in [-0.15, -0.1) is 0 Å². The first-order valence-electron chi connectivity index (χ1n) is 5.26. The third kappa shape index (κ3) is 3.07. The maximum absolute atomic E-state index is 11.5. The smallest absolute Gasteiger partial charge is 0.321 e. The number of urea groups is 1. The highest BCUT2D eigenvalue weighted by Gasteiger charge is 2.04. The van der Waals surface area contributed by atoms with Crippen molar-refractivity contribution < 1.29 is 9.32 Å². The molecular formula is C12H13N3O2. The SMILES string of the molecule is Cc1ccccc1CNC(=O)Nc1ccno1. The van der Waals surface area contributed by atoms with Gasteiger partial charge in [0.25, 0.3) is 0 Å². The Bertz CT molecular complexity index is 494. The number of nitrogens with one attached hydrogen (secondary N) is 2. The maximum Gasteiger partial charge on any atom is 0.321 e. The first-order valence-corrected chi connectivity index (χ1v) is 5.26. The lowest BCUT2D eigenvalue weighted by Gasteiger charge is -2.07. The minimum atomic E-state index is -0.315. The van der Waals surface area contributed by atoms with Crippen LogP contribution in [0.3, 0.4) is 0 Å². The Labute approximate surface area is 98.8 Å². The largest absolute Gasteiger partial charge is 0.338 e. The van der Waals surface area contributed by atoms with Crippen molar-refractivity contribution in [1.82, 2.24) is 10.5 Å². The van der Waals surface area contributed by atoms with Gasteiger partial charge in [0.15, 0.2) is 0 Å². The van der Waals surface area contributed by atoms with E-state index >= 15 is 0 Å². The topological polar surface area (TPSA) is 67.2 Å². The van der Waals surface area contributed by atoms with Crippen molar-refractivity contribution in [2.24, 2.45) is 0 Å². The number of hydrogen-bond acceptors (Lipinski definition) is 3. The molecule has 2 aromatic rings. The molecule has 1 aromatic heterocycles. The average Bonchev–Trinajstić information content (AvgIpc) is 2.81. The number of anilines is 1. The van der Waals surface area contributed by atoms with Crippen molar-refractivity contribution in [3.8, 4) is 0 Å². The first-order chi connectivity index (χ1) is 8.25. The fraction of sp³-hybridized carbons (Fsp3) is 0.167. The van der Waals surface area contributed by atoms with Crippen molar-refractivity contribution in [2.45, 2.75) is 13.5 Å². The van der Waals surface area contributed by atoms with Gasteiger partial charge in [0.05, 0.1) is 6.20 Å². The number of rotatable bonds is 3. The first kappa shape index (κ1) is 11.2. The molecule has 0 saturated carbocycles. The Morgan fingerprint density at radius 1 is 1.35 bits per heavy atom. The van der Waals surface area contributed by atoms with Crippen LogP contribution >= 0.6 is 0 Å². The number of carbonyl (C=O) groups is 1. The van der Waals surface area contributed by atoms with Crippen molar-refractivity contribution in [3.05, 3.63) is 47.7 Å². The lowest BCUT2D eigenvalue weighted by molar-refractivity contribution is 0.251. The molecule has 0 radical (unpaired) electrons. The predicted octanol–water partition coefficient (Wildman–Crippen LogP) is 2.30. The van der Waals surface area contributed by atoms with Crippen molar-refractivity contribution >= 4 is 11.9 Å². The van der Waals surface area contributed by atoms with E-state index in [2.05, 4.69) is 15.8 Å². The number of aryl methyl sites for hydroxylation is 1. The zero-order valence-corrected chi connectivity index (χ0v) is 9.43. The van der Waals surface area contributed by atoms with Gasteiger partial charge in [0, 0.05) is 12.6 Å². The molecule has 0 fully saturated rings. The van der Waals surface area contributed by atoms with Gasteiger partial charge in [-0.3, -0.25) is 5.32 Å².